The topological polar surface area (TPSA) is 40.5 Å². The van der Waals surface area contributed by atoms with Crippen molar-refractivity contribution in [2.24, 2.45) is 0 Å². The van der Waals surface area contributed by atoms with E-state index < -0.39 is 0 Å². The van der Waals surface area contributed by atoms with Crippen molar-refractivity contribution in [1.29, 1.82) is 0 Å². The summed E-state index contributed by atoms with van der Waals surface area (Å²) >= 11 is 0. The highest BCUT2D eigenvalue weighted by Gasteiger charge is 2.45. The Balaban J connectivity index is 1.47. The zero-order valence-electron chi connectivity index (χ0n) is 16.4. The summed E-state index contributed by atoms with van der Waals surface area (Å²) in [4.78, 5) is 17.5. The van der Waals surface area contributed by atoms with Crippen LogP contribution in [0.25, 0.3) is 5.69 Å². The summed E-state index contributed by atoms with van der Waals surface area (Å²) in [6.07, 6.45) is 4.99. The smallest absolute Gasteiger partial charge is 0.240 e. The summed E-state index contributed by atoms with van der Waals surface area (Å²) in [6.45, 7) is 6.79. The molecule has 0 saturated carbocycles. The van der Waals surface area contributed by atoms with Crippen LogP contribution in [0.1, 0.15) is 30.5 Å². The summed E-state index contributed by atoms with van der Waals surface area (Å²) in [6, 6.07) is 12.8. The monoisotopic (exact) mass is 366 g/mol. The molecular formula is C22H30N4O. The molecule has 0 atom stereocenters. The van der Waals surface area contributed by atoms with Crippen LogP contribution >= 0.6 is 0 Å². The molecule has 5 nitrogen and oxygen atoms in total. The molecule has 0 aliphatic carbocycles. The Morgan fingerprint density at radius 3 is 2.63 bits per heavy atom. The van der Waals surface area contributed by atoms with Gasteiger partial charge in [-0.1, -0.05) is 18.2 Å². The first-order valence-corrected chi connectivity index (χ1v) is 10.0. The van der Waals surface area contributed by atoms with Crippen LogP contribution in [-0.4, -0.2) is 59.0 Å². The Labute approximate surface area is 162 Å². The molecule has 1 N–H and O–H groups in total. The molecule has 2 aliphatic rings. The number of hydrogen-bond acceptors (Lipinski definition) is 3. The van der Waals surface area contributed by atoms with Gasteiger partial charge in [0.15, 0.2) is 0 Å². The SMILES string of the molecule is Cc1ccccc1-n1cccc1CN1CCC2(CC1)C(=O)NCCCN2C. The average Bonchev–Trinajstić information content (AvgIpc) is 3.08. The zero-order chi connectivity index (χ0) is 18.9. The first-order valence-electron chi connectivity index (χ1n) is 10.0. The van der Waals surface area contributed by atoms with Crippen LogP contribution in [0.4, 0.5) is 0 Å². The number of hydrogen-bond donors (Lipinski definition) is 1. The van der Waals surface area contributed by atoms with Crippen molar-refractivity contribution in [1.82, 2.24) is 19.7 Å². The molecule has 1 aromatic heterocycles. The Morgan fingerprint density at radius 1 is 1.07 bits per heavy atom. The third kappa shape index (κ3) is 3.42. The van der Waals surface area contributed by atoms with Crippen LogP contribution in [0.5, 0.6) is 0 Å². The quantitative estimate of drug-likeness (QED) is 0.908. The molecule has 0 radical (unpaired) electrons. The molecule has 0 bridgehead atoms. The van der Waals surface area contributed by atoms with Gasteiger partial charge >= 0.3 is 0 Å². The number of piperidine rings is 1. The molecule has 0 unspecified atom stereocenters. The molecule has 1 amide bonds. The van der Waals surface area contributed by atoms with Gasteiger partial charge < -0.3 is 9.88 Å². The molecule has 2 aliphatic heterocycles. The number of para-hydroxylation sites is 1. The van der Waals surface area contributed by atoms with Crippen LogP contribution in [0.15, 0.2) is 42.6 Å². The van der Waals surface area contributed by atoms with Gasteiger partial charge in [-0.25, -0.2) is 0 Å². The van der Waals surface area contributed by atoms with Gasteiger partial charge in [0.05, 0.1) is 0 Å². The molecule has 27 heavy (non-hydrogen) atoms. The van der Waals surface area contributed by atoms with Crippen molar-refractivity contribution in [3.63, 3.8) is 0 Å². The van der Waals surface area contributed by atoms with Crippen LogP contribution in [0, 0.1) is 6.92 Å². The summed E-state index contributed by atoms with van der Waals surface area (Å²) in [5.41, 5.74) is 3.52. The first kappa shape index (κ1) is 18.3. The van der Waals surface area contributed by atoms with Crippen molar-refractivity contribution < 1.29 is 4.79 Å². The summed E-state index contributed by atoms with van der Waals surface area (Å²) < 4.78 is 2.30. The minimum atomic E-state index is -0.314. The molecule has 2 fully saturated rings. The third-order valence-electron chi connectivity index (χ3n) is 6.39. The van der Waals surface area contributed by atoms with E-state index in [1.54, 1.807) is 0 Å². The largest absolute Gasteiger partial charge is 0.354 e. The third-order valence-corrected chi connectivity index (χ3v) is 6.39. The Bertz CT molecular complexity index is 804. The molecule has 4 rings (SSSR count). The molecule has 5 heteroatoms. The number of rotatable bonds is 3. The molecule has 2 aromatic rings. The van der Waals surface area contributed by atoms with Gasteiger partial charge in [-0.15, -0.1) is 0 Å². The second kappa shape index (κ2) is 7.49. The van der Waals surface area contributed by atoms with Crippen molar-refractivity contribution in [3.8, 4) is 5.69 Å². The predicted molar refractivity (Wildman–Crippen MR) is 108 cm³/mol. The Morgan fingerprint density at radius 2 is 1.85 bits per heavy atom. The van der Waals surface area contributed by atoms with Crippen molar-refractivity contribution in [2.45, 2.75) is 38.3 Å². The van der Waals surface area contributed by atoms with Crippen molar-refractivity contribution in [3.05, 3.63) is 53.9 Å². The minimum Gasteiger partial charge on any atom is -0.354 e. The lowest BCUT2D eigenvalue weighted by atomic mass is 9.85. The lowest BCUT2D eigenvalue weighted by Gasteiger charge is -2.45. The second-order valence-electron chi connectivity index (χ2n) is 7.99. The second-order valence-corrected chi connectivity index (χ2v) is 7.99. The van der Waals surface area contributed by atoms with E-state index in [9.17, 15) is 4.79 Å². The number of aromatic nitrogens is 1. The standard InChI is InChI=1S/C22H30N4O/c1-18-7-3-4-9-20(18)26-14-5-8-19(26)17-25-15-10-22(11-16-25)21(27)23-12-6-13-24(22)2/h3-5,7-9,14H,6,10-13,15-17H2,1-2H3,(H,23,27). The minimum absolute atomic E-state index is 0.227. The highest BCUT2D eigenvalue weighted by molar-refractivity contribution is 5.86. The molecule has 1 aromatic carbocycles. The highest BCUT2D eigenvalue weighted by Crippen LogP contribution is 2.31. The van der Waals surface area contributed by atoms with Gasteiger partial charge in [-0.2, -0.15) is 0 Å². The number of nitrogens with one attached hydrogen (secondary N) is 1. The normalized spacial score (nSPS) is 21.2. The van der Waals surface area contributed by atoms with E-state index in [2.05, 4.69) is 76.3 Å². The maximum absolute atomic E-state index is 12.7. The van der Waals surface area contributed by atoms with Gasteiger partial charge in [-0.3, -0.25) is 14.6 Å². The first-order chi connectivity index (χ1) is 13.1. The number of amides is 1. The van der Waals surface area contributed by atoms with E-state index in [1.165, 1.54) is 16.9 Å². The molecule has 3 heterocycles. The van der Waals surface area contributed by atoms with Crippen LogP contribution in [-0.2, 0) is 11.3 Å². The number of carbonyl (C=O) groups excluding carboxylic acids is 1. The van der Waals surface area contributed by atoms with Crippen LogP contribution < -0.4 is 5.32 Å². The summed E-state index contributed by atoms with van der Waals surface area (Å²) in [5.74, 6) is 0.227. The van der Waals surface area contributed by atoms with Crippen LogP contribution in [0.3, 0.4) is 0 Å². The lowest BCUT2D eigenvalue weighted by Crippen LogP contribution is -2.60. The lowest BCUT2D eigenvalue weighted by molar-refractivity contribution is -0.134. The van der Waals surface area contributed by atoms with E-state index in [1.807, 2.05) is 0 Å². The van der Waals surface area contributed by atoms with E-state index in [0.717, 1.165) is 52.0 Å². The molecular weight excluding hydrogens is 336 g/mol. The van der Waals surface area contributed by atoms with Gasteiger partial charge in [0.25, 0.3) is 0 Å². The highest BCUT2D eigenvalue weighted by atomic mass is 16.2. The maximum Gasteiger partial charge on any atom is 0.240 e. The van der Waals surface area contributed by atoms with Crippen molar-refractivity contribution >= 4 is 5.91 Å². The Hall–Kier alpha value is -2.11. The van der Waals surface area contributed by atoms with E-state index in [0.29, 0.717) is 0 Å². The predicted octanol–water partition coefficient (Wildman–Crippen LogP) is 2.57. The Kier molecular flexibility index (Phi) is 5.06. The van der Waals surface area contributed by atoms with E-state index in [4.69, 9.17) is 0 Å². The zero-order valence-corrected chi connectivity index (χ0v) is 16.4. The van der Waals surface area contributed by atoms with Gasteiger partial charge in [0.1, 0.15) is 5.54 Å². The number of benzene rings is 1. The molecule has 144 valence electrons. The van der Waals surface area contributed by atoms with Crippen LogP contribution in [0.2, 0.25) is 0 Å². The molecule has 1 spiro atoms. The van der Waals surface area contributed by atoms with Gasteiger partial charge in [0, 0.05) is 50.3 Å². The van der Waals surface area contributed by atoms with E-state index in [-0.39, 0.29) is 11.4 Å². The summed E-state index contributed by atoms with van der Waals surface area (Å²) in [5, 5.41) is 3.13. The fourth-order valence-corrected chi connectivity index (χ4v) is 4.60. The van der Waals surface area contributed by atoms with Gasteiger partial charge in [-0.05, 0) is 57.0 Å². The fourth-order valence-electron chi connectivity index (χ4n) is 4.60. The maximum atomic E-state index is 12.7. The number of likely N-dealkylation sites (N-methyl/N-ethyl adjacent to an activating group) is 1. The van der Waals surface area contributed by atoms with E-state index >= 15 is 0 Å². The number of aryl methyl sites for hydroxylation is 1. The molecule has 2 saturated heterocycles. The number of nitrogens with zero attached hydrogens (tertiary/aromatic N) is 3. The number of likely N-dealkylation sites (tertiary alicyclic amines) is 1. The summed E-state index contributed by atoms with van der Waals surface area (Å²) in [7, 11) is 2.11. The average molecular weight is 367 g/mol. The number of carbonyl (C=O) groups is 1. The van der Waals surface area contributed by atoms with Gasteiger partial charge in [0.2, 0.25) is 5.91 Å². The fraction of sp³-hybridized carbons (Fsp3) is 0.500. The van der Waals surface area contributed by atoms with Crippen molar-refractivity contribution in [2.75, 3.05) is 33.2 Å².